The van der Waals surface area contributed by atoms with Gasteiger partial charge in [-0.2, -0.15) is 0 Å². The van der Waals surface area contributed by atoms with Crippen LogP contribution in [0.4, 0.5) is 4.79 Å². The van der Waals surface area contributed by atoms with Crippen molar-refractivity contribution >= 4 is 11.9 Å². The summed E-state index contributed by atoms with van der Waals surface area (Å²) in [6.07, 6.45) is 2.61. The summed E-state index contributed by atoms with van der Waals surface area (Å²) in [5.41, 5.74) is 0. The van der Waals surface area contributed by atoms with Crippen molar-refractivity contribution in [1.29, 1.82) is 0 Å². The first-order valence-electron chi connectivity index (χ1n) is 6.07. The number of urea groups is 1. The number of hydrogen-bond acceptors (Lipinski definition) is 4. The van der Waals surface area contributed by atoms with Crippen LogP contribution < -0.4 is 16.0 Å². The molecule has 1 rings (SSSR count). The van der Waals surface area contributed by atoms with Crippen molar-refractivity contribution in [2.24, 2.45) is 0 Å². The van der Waals surface area contributed by atoms with Gasteiger partial charge in [0.05, 0.1) is 0 Å². The van der Waals surface area contributed by atoms with Crippen LogP contribution in [0.3, 0.4) is 0 Å². The number of carbonyl (C=O) groups excluding carboxylic acids is 2. The molecule has 0 unspecified atom stereocenters. The van der Waals surface area contributed by atoms with E-state index >= 15 is 0 Å². The molecule has 0 bridgehead atoms. The van der Waals surface area contributed by atoms with E-state index in [-0.39, 0.29) is 5.91 Å². The molecule has 0 aromatic heterocycles. The zero-order valence-corrected chi connectivity index (χ0v) is 10.6. The number of amides is 3. The zero-order chi connectivity index (χ0) is 12.7. The standard InChI is InChI=1S/C11H22N4O2/c1-12-9-3-6-15(7-4-9)8-5-10(16)14-11(17)13-2/h9,12H,3-8H2,1-2H3,(H2,13,14,16,17). The molecule has 0 aliphatic carbocycles. The lowest BCUT2D eigenvalue weighted by molar-refractivity contribution is -0.120. The van der Waals surface area contributed by atoms with E-state index in [0.717, 1.165) is 32.5 Å². The van der Waals surface area contributed by atoms with Crippen LogP contribution in [0.25, 0.3) is 0 Å². The van der Waals surface area contributed by atoms with Crippen molar-refractivity contribution in [1.82, 2.24) is 20.9 Å². The third kappa shape index (κ3) is 5.14. The molecule has 0 spiro atoms. The van der Waals surface area contributed by atoms with Gasteiger partial charge in [-0.05, 0) is 33.0 Å². The quantitative estimate of drug-likeness (QED) is 0.622. The van der Waals surface area contributed by atoms with Crippen molar-refractivity contribution in [3.8, 4) is 0 Å². The third-order valence-electron chi connectivity index (χ3n) is 3.13. The number of imide groups is 1. The van der Waals surface area contributed by atoms with Gasteiger partial charge in [-0.15, -0.1) is 0 Å². The van der Waals surface area contributed by atoms with Gasteiger partial charge in [0.15, 0.2) is 0 Å². The predicted octanol–water partition coefficient (Wildman–Crippen LogP) is -0.484. The van der Waals surface area contributed by atoms with Crippen LogP contribution >= 0.6 is 0 Å². The normalized spacial score (nSPS) is 17.8. The maximum atomic E-state index is 11.4. The second-order valence-corrected chi connectivity index (χ2v) is 4.28. The number of nitrogens with one attached hydrogen (secondary N) is 3. The molecule has 3 amide bonds. The molecule has 1 aliphatic heterocycles. The van der Waals surface area contributed by atoms with Gasteiger partial charge in [-0.3, -0.25) is 10.1 Å². The van der Waals surface area contributed by atoms with E-state index in [9.17, 15) is 9.59 Å². The van der Waals surface area contributed by atoms with Crippen molar-refractivity contribution in [2.75, 3.05) is 33.7 Å². The van der Waals surface area contributed by atoms with Gasteiger partial charge in [0.2, 0.25) is 5.91 Å². The van der Waals surface area contributed by atoms with E-state index in [1.54, 1.807) is 0 Å². The van der Waals surface area contributed by atoms with E-state index < -0.39 is 6.03 Å². The number of likely N-dealkylation sites (tertiary alicyclic amines) is 1. The molecule has 0 saturated carbocycles. The Labute approximate surface area is 102 Å². The van der Waals surface area contributed by atoms with E-state index in [4.69, 9.17) is 0 Å². The first kappa shape index (κ1) is 13.9. The molecule has 1 saturated heterocycles. The van der Waals surface area contributed by atoms with Crippen molar-refractivity contribution in [2.45, 2.75) is 25.3 Å². The Balaban J connectivity index is 2.14. The molecule has 1 aliphatic rings. The number of rotatable bonds is 4. The average molecular weight is 242 g/mol. The lowest BCUT2D eigenvalue weighted by atomic mass is 10.1. The Kier molecular flexibility index (Phi) is 5.93. The predicted molar refractivity (Wildman–Crippen MR) is 65.7 cm³/mol. The molecule has 3 N–H and O–H groups in total. The van der Waals surface area contributed by atoms with Crippen molar-refractivity contribution < 1.29 is 9.59 Å². The number of piperidine rings is 1. The highest BCUT2D eigenvalue weighted by atomic mass is 16.2. The number of nitrogens with zero attached hydrogens (tertiary/aromatic N) is 1. The minimum absolute atomic E-state index is 0.222. The summed E-state index contributed by atoms with van der Waals surface area (Å²) in [5, 5.41) is 7.88. The molecular weight excluding hydrogens is 220 g/mol. The van der Waals surface area contributed by atoms with Gasteiger partial charge in [-0.25, -0.2) is 4.79 Å². The summed E-state index contributed by atoms with van der Waals surface area (Å²) in [5.74, 6) is -0.222. The molecule has 17 heavy (non-hydrogen) atoms. The van der Waals surface area contributed by atoms with Gasteiger partial charge in [0.25, 0.3) is 0 Å². The van der Waals surface area contributed by atoms with Crippen molar-refractivity contribution in [3.05, 3.63) is 0 Å². The van der Waals surface area contributed by atoms with Gasteiger partial charge < -0.3 is 15.5 Å². The second-order valence-electron chi connectivity index (χ2n) is 4.28. The first-order chi connectivity index (χ1) is 8.15. The van der Waals surface area contributed by atoms with Crippen LogP contribution in [-0.2, 0) is 4.79 Å². The molecule has 0 aromatic rings. The summed E-state index contributed by atoms with van der Waals surface area (Å²) in [6, 6.07) is 0.162. The minimum atomic E-state index is -0.441. The summed E-state index contributed by atoms with van der Waals surface area (Å²) in [7, 11) is 3.47. The molecule has 1 heterocycles. The number of hydrogen-bond donors (Lipinski definition) is 3. The molecule has 0 aromatic carbocycles. The Morgan fingerprint density at radius 3 is 2.41 bits per heavy atom. The summed E-state index contributed by atoms with van der Waals surface area (Å²) in [6.45, 7) is 2.75. The van der Waals surface area contributed by atoms with Crippen LogP contribution in [-0.4, -0.2) is 56.6 Å². The molecule has 0 atom stereocenters. The van der Waals surface area contributed by atoms with Crippen LogP contribution in [0.15, 0.2) is 0 Å². The van der Waals surface area contributed by atoms with E-state index in [0.29, 0.717) is 12.5 Å². The Morgan fingerprint density at radius 1 is 1.24 bits per heavy atom. The molecular formula is C11H22N4O2. The molecule has 1 fully saturated rings. The lowest BCUT2D eigenvalue weighted by Crippen LogP contribution is -2.43. The fourth-order valence-corrected chi connectivity index (χ4v) is 1.96. The van der Waals surface area contributed by atoms with E-state index in [2.05, 4.69) is 20.9 Å². The second kappa shape index (κ2) is 7.24. The topological polar surface area (TPSA) is 73.5 Å². The maximum absolute atomic E-state index is 11.4. The van der Waals surface area contributed by atoms with Crippen LogP contribution in [0, 0.1) is 0 Å². The number of carbonyl (C=O) groups is 2. The smallest absolute Gasteiger partial charge is 0.321 e. The molecule has 0 radical (unpaired) electrons. The highest BCUT2D eigenvalue weighted by Gasteiger charge is 2.18. The van der Waals surface area contributed by atoms with Gasteiger partial charge in [-0.1, -0.05) is 0 Å². The Morgan fingerprint density at radius 2 is 1.88 bits per heavy atom. The maximum Gasteiger partial charge on any atom is 0.321 e. The molecule has 6 heteroatoms. The van der Waals surface area contributed by atoms with Gasteiger partial charge in [0.1, 0.15) is 0 Å². The summed E-state index contributed by atoms with van der Waals surface area (Å²) >= 11 is 0. The molecule has 98 valence electrons. The summed E-state index contributed by atoms with van der Waals surface area (Å²) < 4.78 is 0. The van der Waals surface area contributed by atoms with E-state index in [1.165, 1.54) is 7.05 Å². The minimum Gasteiger partial charge on any atom is -0.341 e. The van der Waals surface area contributed by atoms with Gasteiger partial charge >= 0.3 is 6.03 Å². The lowest BCUT2D eigenvalue weighted by Gasteiger charge is -2.31. The fraction of sp³-hybridized carbons (Fsp3) is 0.818. The van der Waals surface area contributed by atoms with E-state index in [1.807, 2.05) is 7.05 Å². The summed E-state index contributed by atoms with van der Waals surface area (Å²) in [4.78, 5) is 24.5. The average Bonchev–Trinajstić information content (AvgIpc) is 2.36. The van der Waals surface area contributed by atoms with Crippen LogP contribution in [0.1, 0.15) is 19.3 Å². The van der Waals surface area contributed by atoms with Crippen molar-refractivity contribution in [3.63, 3.8) is 0 Å². The highest BCUT2D eigenvalue weighted by Crippen LogP contribution is 2.09. The monoisotopic (exact) mass is 242 g/mol. The van der Waals surface area contributed by atoms with Crippen LogP contribution in [0.2, 0.25) is 0 Å². The van der Waals surface area contributed by atoms with Crippen LogP contribution in [0.5, 0.6) is 0 Å². The van der Waals surface area contributed by atoms with Gasteiger partial charge in [0, 0.05) is 26.1 Å². The third-order valence-corrected chi connectivity index (χ3v) is 3.13. The highest BCUT2D eigenvalue weighted by molar-refractivity contribution is 5.94. The Bertz CT molecular complexity index is 262. The Hall–Kier alpha value is -1.14. The SMILES string of the molecule is CNC(=O)NC(=O)CCN1CCC(NC)CC1. The fourth-order valence-electron chi connectivity index (χ4n) is 1.96. The molecule has 6 nitrogen and oxygen atoms in total. The first-order valence-corrected chi connectivity index (χ1v) is 6.07. The zero-order valence-electron chi connectivity index (χ0n) is 10.6. The largest absolute Gasteiger partial charge is 0.341 e.